The smallest absolute Gasteiger partial charge is 0.390 e. The summed E-state index contributed by atoms with van der Waals surface area (Å²) in [4.78, 5) is 28.7. The Morgan fingerprint density at radius 2 is 1.97 bits per heavy atom. The quantitative estimate of drug-likeness (QED) is 0.496. The van der Waals surface area contributed by atoms with E-state index in [1.165, 1.54) is 23.0 Å². The molecule has 36 heavy (non-hydrogen) atoms. The lowest BCUT2D eigenvalue weighted by atomic mass is 10.1. The third-order valence-corrected chi connectivity index (χ3v) is 7.38. The van der Waals surface area contributed by atoms with Gasteiger partial charge in [0, 0.05) is 23.5 Å². The van der Waals surface area contributed by atoms with Gasteiger partial charge >= 0.3 is 6.18 Å². The second-order valence-electron chi connectivity index (χ2n) is 8.83. The number of aromatic nitrogens is 2. The van der Waals surface area contributed by atoms with Crippen molar-refractivity contribution >= 4 is 51.5 Å². The summed E-state index contributed by atoms with van der Waals surface area (Å²) >= 11 is 6.59. The van der Waals surface area contributed by atoms with E-state index >= 15 is 0 Å². The monoisotopic (exact) mass is 536 g/mol. The van der Waals surface area contributed by atoms with E-state index in [9.17, 15) is 27.9 Å². The molecule has 12 heteroatoms. The molecule has 3 aromatic rings. The van der Waals surface area contributed by atoms with Gasteiger partial charge in [-0.25, -0.2) is 0 Å². The van der Waals surface area contributed by atoms with Gasteiger partial charge in [0.1, 0.15) is 0 Å². The van der Waals surface area contributed by atoms with Gasteiger partial charge in [-0.1, -0.05) is 23.7 Å². The van der Waals surface area contributed by atoms with Crippen molar-refractivity contribution in [3.8, 4) is 0 Å². The minimum absolute atomic E-state index is 0.0000785. The molecule has 2 aliphatic heterocycles. The van der Waals surface area contributed by atoms with Crippen LogP contribution in [-0.4, -0.2) is 68.1 Å². The van der Waals surface area contributed by atoms with Crippen molar-refractivity contribution in [2.24, 2.45) is 0 Å². The fourth-order valence-electron chi connectivity index (χ4n) is 4.56. The molecule has 0 bridgehead atoms. The number of likely N-dealkylation sites (N-methyl/N-ethyl adjacent to an activating group) is 1. The van der Waals surface area contributed by atoms with Crippen LogP contribution in [0.25, 0.3) is 17.0 Å². The average Bonchev–Trinajstić information content (AvgIpc) is 3.43. The summed E-state index contributed by atoms with van der Waals surface area (Å²) in [5, 5.41) is 14.7. The molecule has 0 aliphatic carbocycles. The van der Waals surface area contributed by atoms with Crippen LogP contribution in [0.4, 0.5) is 18.0 Å². The standard InChI is InChI=1S/C24H20ClF3N4O3S/c1-30-11-19(20(33)12-30)32-22(34)21(36-23(32)35)7-13-2-5-18-15(6-13)9-29-31(18)10-14-3-4-16(25)8-17(14)24(26,27)28/h2-9,19-20,33H,10-12H2,1H3/t19?,20-/m1/s1. The maximum absolute atomic E-state index is 13.5. The van der Waals surface area contributed by atoms with Crippen molar-refractivity contribution in [3.05, 3.63) is 69.2 Å². The van der Waals surface area contributed by atoms with E-state index in [1.54, 1.807) is 24.3 Å². The van der Waals surface area contributed by atoms with E-state index < -0.39 is 35.0 Å². The van der Waals surface area contributed by atoms with Crippen LogP contribution in [0.5, 0.6) is 0 Å². The van der Waals surface area contributed by atoms with Gasteiger partial charge in [-0.3, -0.25) is 19.2 Å². The first-order chi connectivity index (χ1) is 17.0. The predicted octanol–water partition coefficient (Wildman–Crippen LogP) is 4.47. The van der Waals surface area contributed by atoms with E-state index in [4.69, 9.17) is 11.6 Å². The highest BCUT2D eigenvalue weighted by molar-refractivity contribution is 8.18. The van der Waals surface area contributed by atoms with Crippen molar-refractivity contribution in [1.82, 2.24) is 19.6 Å². The minimum Gasteiger partial charge on any atom is -0.390 e. The number of rotatable bonds is 4. The van der Waals surface area contributed by atoms with Gasteiger partial charge in [-0.2, -0.15) is 18.3 Å². The van der Waals surface area contributed by atoms with Crippen LogP contribution in [0.3, 0.4) is 0 Å². The molecule has 3 heterocycles. The second kappa shape index (κ2) is 9.22. The molecule has 2 aliphatic rings. The van der Waals surface area contributed by atoms with Gasteiger partial charge in [0.25, 0.3) is 11.1 Å². The first-order valence-electron chi connectivity index (χ1n) is 11.0. The SMILES string of the molecule is CN1CC(N2C(=O)SC(=Cc3ccc4c(cnn4Cc4ccc(Cl)cc4C(F)(F)F)c3)C2=O)[C@H](O)C1. The largest absolute Gasteiger partial charge is 0.416 e. The molecule has 2 saturated heterocycles. The second-order valence-corrected chi connectivity index (χ2v) is 10.3. The number of carbonyl (C=O) groups excluding carboxylic acids is 2. The van der Waals surface area contributed by atoms with Crippen molar-refractivity contribution in [3.63, 3.8) is 0 Å². The Balaban J connectivity index is 1.40. The van der Waals surface area contributed by atoms with Crippen LogP contribution in [-0.2, 0) is 17.5 Å². The van der Waals surface area contributed by atoms with Gasteiger partial charge in [-0.15, -0.1) is 0 Å². The summed E-state index contributed by atoms with van der Waals surface area (Å²) in [6, 6.07) is 8.21. The first-order valence-corrected chi connectivity index (χ1v) is 12.2. The molecular weight excluding hydrogens is 517 g/mol. The lowest BCUT2D eigenvalue weighted by Crippen LogP contribution is -2.45. The normalized spacial score (nSPS) is 22.5. The third kappa shape index (κ3) is 4.63. The maximum Gasteiger partial charge on any atom is 0.416 e. The van der Waals surface area contributed by atoms with Crippen LogP contribution >= 0.6 is 23.4 Å². The molecule has 1 N–H and O–H groups in total. The molecule has 0 radical (unpaired) electrons. The molecule has 2 aromatic carbocycles. The maximum atomic E-state index is 13.5. The zero-order valence-electron chi connectivity index (χ0n) is 18.9. The highest BCUT2D eigenvalue weighted by Crippen LogP contribution is 2.37. The average molecular weight is 537 g/mol. The predicted molar refractivity (Wildman–Crippen MR) is 130 cm³/mol. The van der Waals surface area contributed by atoms with Gasteiger partial charge in [0.05, 0.1) is 40.9 Å². The van der Waals surface area contributed by atoms with Crippen molar-refractivity contribution in [1.29, 1.82) is 0 Å². The van der Waals surface area contributed by atoms with Gasteiger partial charge in [0.2, 0.25) is 0 Å². The lowest BCUT2D eigenvalue weighted by Gasteiger charge is -2.22. The van der Waals surface area contributed by atoms with Crippen molar-refractivity contribution in [2.75, 3.05) is 20.1 Å². The zero-order valence-corrected chi connectivity index (χ0v) is 20.4. The molecular formula is C24H20ClF3N4O3S. The number of benzene rings is 2. The summed E-state index contributed by atoms with van der Waals surface area (Å²) in [6.07, 6.45) is -2.23. The Bertz CT molecular complexity index is 1410. The number of halogens is 4. The number of thioether (sulfide) groups is 1. The number of aliphatic hydroxyl groups excluding tert-OH is 1. The van der Waals surface area contributed by atoms with Crippen LogP contribution in [0, 0.1) is 0 Å². The zero-order chi connectivity index (χ0) is 25.8. The summed E-state index contributed by atoms with van der Waals surface area (Å²) in [5.41, 5.74) is 0.471. The Morgan fingerprint density at radius 1 is 1.19 bits per heavy atom. The Kier molecular flexibility index (Phi) is 6.36. The number of hydrogen-bond acceptors (Lipinski definition) is 6. The number of likely N-dealkylation sites (tertiary alicyclic amines) is 1. The highest BCUT2D eigenvalue weighted by atomic mass is 35.5. The van der Waals surface area contributed by atoms with Gasteiger partial charge in [0.15, 0.2) is 0 Å². The molecule has 1 aromatic heterocycles. The van der Waals surface area contributed by atoms with Crippen LogP contribution < -0.4 is 0 Å². The van der Waals surface area contributed by atoms with Crippen molar-refractivity contribution < 1.29 is 27.9 Å². The number of imide groups is 1. The molecule has 1 unspecified atom stereocenters. The number of hydrogen-bond donors (Lipinski definition) is 1. The Hall–Kier alpha value is -2.86. The molecule has 188 valence electrons. The number of aliphatic hydroxyl groups is 1. The Morgan fingerprint density at radius 3 is 2.67 bits per heavy atom. The van der Waals surface area contributed by atoms with Crippen LogP contribution in [0.2, 0.25) is 5.02 Å². The fraction of sp³-hybridized carbons (Fsp3) is 0.292. The van der Waals surface area contributed by atoms with Crippen LogP contribution in [0.15, 0.2) is 47.5 Å². The number of nitrogens with zero attached hydrogens (tertiary/aromatic N) is 4. The first kappa shape index (κ1) is 24.8. The number of amides is 2. The number of carbonyl (C=O) groups is 2. The summed E-state index contributed by atoms with van der Waals surface area (Å²) in [5.74, 6) is -0.456. The number of β-amino-alcohol motifs (C(OH)–C–C–N with tert-alkyl or cyclic N) is 1. The topological polar surface area (TPSA) is 78.7 Å². The van der Waals surface area contributed by atoms with Gasteiger partial charge in [-0.05, 0) is 60.3 Å². The van der Waals surface area contributed by atoms with E-state index in [0.717, 1.165) is 22.7 Å². The van der Waals surface area contributed by atoms with Gasteiger partial charge < -0.3 is 10.0 Å². The van der Waals surface area contributed by atoms with Crippen molar-refractivity contribution in [2.45, 2.75) is 24.9 Å². The molecule has 0 saturated carbocycles. The lowest BCUT2D eigenvalue weighted by molar-refractivity contribution is -0.138. The molecule has 7 nitrogen and oxygen atoms in total. The fourth-order valence-corrected chi connectivity index (χ4v) is 5.62. The minimum atomic E-state index is -4.55. The van der Waals surface area contributed by atoms with E-state index in [1.807, 2.05) is 11.9 Å². The Labute approximate surface area is 213 Å². The summed E-state index contributed by atoms with van der Waals surface area (Å²) in [7, 11) is 1.81. The molecule has 2 amide bonds. The molecule has 5 rings (SSSR count). The van der Waals surface area contributed by atoms with E-state index in [0.29, 0.717) is 29.6 Å². The van der Waals surface area contributed by atoms with Crippen LogP contribution in [0.1, 0.15) is 16.7 Å². The number of alkyl halides is 3. The van der Waals surface area contributed by atoms with E-state index in [2.05, 4.69) is 5.10 Å². The molecule has 0 spiro atoms. The third-order valence-electron chi connectivity index (χ3n) is 6.26. The highest BCUT2D eigenvalue weighted by Gasteiger charge is 2.45. The van der Waals surface area contributed by atoms with E-state index in [-0.39, 0.29) is 22.0 Å². The number of fused-ring (bicyclic) bond motifs is 1. The summed E-state index contributed by atoms with van der Waals surface area (Å²) in [6.45, 7) is 0.680. The molecule has 2 atom stereocenters. The summed E-state index contributed by atoms with van der Waals surface area (Å²) < 4.78 is 41.9. The molecule has 2 fully saturated rings.